The molecule has 1 aromatic carbocycles. The molecular weight excluding hydrogens is 320 g/mol. The van der Waals surface area contributed by atoms with E-state index in [0.717, 1.165) is 17.5 Å². The van der Waals surface area contributed by atoms with Crippen LogP contribution in [-0.2, 0) is 17.6 Å². The molecule has 7 heteroatoms. The number of ether oxygens (including phenoxy) is 3. The average Bonchev–Trinajstić information content (AvgIpc) is 2.74. The third-order valence-corrected chi connectivity index (χ3v) is 4.01. The van der Waals surface area contributed by atoms with Crippen molar-refractivity contribution in [2.45, 2.75) is 25.8 Å². The van der Waals surface area contributed by atoms with Gasteiger partial charge in [-0.2, -0.15) is 0 Å². The van der Waals surface area contributed by atoms with Gasteiger partial charge in [0.15, 0.2) is 11.5 Å². The van der Waals surface area contributed by atoms with E-state index in [9.17, 15) is 4.79 Å². The molecule has 2 N–H and O–H groups in total. The zero-order chi connectivity index (χ0) is 16.3. The summed E-state index contributed by atoms with van der Waals surface area (Å²) < 4.78 is 16.4. The Morgan fingerprint density at radius 2 is 1.74 bits per heavy atom. The molecule has 1 heterocycles. The van der Waals surface area contributed by atoms with Crippen molar-refractivity contribution in [2.24, 2.45) is 5.73 Å². The summed E-state index contributed by atoms with van der Waals surface area (Å²) >= 11 is 0. The maximum absolute atomic E-state index is 12.1. The lowest BCUT2D eigenvalue weighted by molar-refractivity contribution is -0.132. The average molecular weight is 345 g/mol. The molecule has 23 heavy (non-hydrogen) atoms. The van der Waals surface area contributed by atoms with Crippen molar-refractivity contribution < 1.29 is 19.0 Å². The molecule has 0 saturated carbocycles. The van der Waals surface area contributed by atoms with E-state index in [2.05, 4.69) is 0 Å². The highest BCUT2D eigenvalue weighted by Crippen LogP contribution is 2.43. The molecule has 0 saturated heterocycles. The second-order valence-electron chi connectivity index (χ2n) is 5.40. The predicted octanol–water partition coefficient (Wildman–Crippen LogP) is 1.41. The topological polar surface area (TPSA) is 74.0 Å². The van der Waals surface area contributed by atoms with Crippen LogP contribution in [-0.4, -0.2) is 51.3 Å². The van der Waals surface area contributed by atoms with E-state index in [1.165, 1.54) is 0 Å². The molecule has 2 rings (SSSR count). The highest BCUT2D eigenvalue weighted by Gasteiger charge is 2.26. The van der Waals surface area contributed by atoms with Crippen LogP contribution < -0.4 is 19.9 Å². The molecule has 0 bridgehead atoms. The van der Waals surface area contributed by atoms with Crippen molar-refractivity contribution in [3.8, 4) is 17.2 Å². The van der Waals surface area contributed by atoms with Gasteiger partial charge in [-0.05, 0) is 31.4 Å². The largest absolute Gasteiger partial charge is 0.493 e. The van der Waals surface area contributed by atoms with Crippen molar-refractivity contribution in [2.75, 3.05) is 34.4 Å². The molecule has 0 aromatic heterocycles. The summed E-state index contributed by atoms with van der Waals surface area (Å²) in [6.07, 6.45) is 1.45. The summed E-state index contributed by atoms with van der Waals surface area (Å²) in [6.45, 7) is 2.98. The standard InChI is InChI=1S/C16H24N2O4.ClH/c1-10(17)16(19)18-7-5-11-9-13(20-2)15(22-4)14(21-3)12(11)6-8-18;/h9-10H,5-8,17H2,1-4H3;1H/t10-;/m1./s1. The number of halogens is 1. The SMILES string of the molecule is COc1cc2c(c(OC)c1OC)CCN(C(=O)[C@@H](C)N)CC2.Cl. The Hall–Kier alpha value is -1.66. The van der Waals surface area contributed by atoms with Gasteiger partial charge in [0.2, 0.25) is 11.7 Å². The Balaban J connectivity index is 0.00000264. The number of benzene rings is 1. The summed E-state index contributed by atoms with van der Waals surface area (Å²) in [6, 6.07) is 1.49. The molecule has 0 unspecified atom stereocenters. The first kappa shape index (κ1) is 19.4. The molecule has 1 aliphatic heterocycles. The normalized spacial score (nSPS) is 14.9. The van der Waals surface area contributed by atoms with Crippen LogP contribution in [0, 0.1) is 0 Å². The summed E-state index contributed by atoms with van der Waals surface area (Å²) in [5.41, 5.74) is 7.90. The molecule has 0 fully saturated rings. The molecule has 1 amide bonds. The van der Waals surface area contributed by atoms with Crippen LogP contribution in [0.5, 0.6) is 17.2 Å². The van der Waals surface area contributed by atoms with Gasteiger partial charge < -0.3 is 24.8 Å². The number of hydrogen-bond donors (Lipinski definition) is 1. The lowest BCUT2D eigenvalue weighted by atomic mass is 10.0. The first-order valence-electron chi connectivity index (χ1n) is 7.38. The van der Waals surface area contributed by atoms with Crippen LogP contribution >= 0.6 is 12.4 Å². The van der Waals surface area contributed by atoms with Crippen LogP contribution in [0.25, 0.3) is 0 Å². The number of amides is 1. The minimum absolute atomic E-state index is 0. The van der Waals surface area contributed by atoms with Crippen LogP contribution in [0.3, 0.4) is 0 Å². The number of nitrogens with two attached hydrogens (primary N) is 1. The van der Waals surface area contributed by atoms with Crippen LogP contribution in [0.2, 0.25) is 0 Å². The number of hydrogen-bond acceptors (Lipinski definition) is 5. The zero-order valence-corrected chi connectivity index (χ0v) is 14.9. The molecule has 1 aromatic rings. The second kappa shape index (κ2) is 8.26. The molecule has 1 atom stereocenters. The third kappa shape index (κ3) is 3.82. The van der Waals surface area contributed by atoms with Crippen molar-refractivity contribution in [1.82, 2.24) is 4.90 Å². The fraction of sp³-hybridized carbons (Fsp3) is 0.562. The van der Waals surface area contributed by atoms with E-state index < -0.39 is 6.04 Å². The first-order valence-corrected chi connectivity index (χ1v) is 7.38. The maximum atomic E-state index is 12.1. The van der Waals surface area contributed by atoms with Gasteiger partial charge in [-0.1, -0.05) is 0 Å². The maximum Gasteiger partial charge on any atom is 0.239 e. The first-order chi connectivity index (χ1) is 10.5. The van der Waals surface area contributed by atoms with Gasteiger partial charge in [0.1, 0.15) is 0 Å². The van der Waals surface area contributed by atoms with Gasteiger partial charge in [-0.25, -0.2) is 0 Å². The fourth-order valence-electron chi connectivity index (χ4n) is 2.89. The van der Waals surface area contributed by atoms with Gasteiger partial charge in [0.25, 0.3) is 0 Å². The van der Waals surface area contributed by atoms with E-state index in [-0.39, 0.29) is 18.3 Å². The minimum Gasteiger partial charge on any atom is -0.493 e. The quantitative estimate of drug-likeness (QED) is 0.894. The highest BCUT2D eigenvalue weighted by molar-refractivity contribution is 5.85. The van der Waals surface area contributed by atoms with Crippen molar-refractivity contribution in [3.05, 3.63) is 17.2 Å². The number of carbonyl (C=O) groups is 1. The van der Waals surface area contributed by atoms with Gasteiger partial charge in [0.05, 0.1) is 27.4 Å². The molecule has 0 aliphatic carbocycles. The summed E-state index contributed by atoms with van der Waals surface area (Å²) in [4.78, 5) is 13.9. The highest BCUT2D eigenvalue weighted by atomic mass is 35.5. The Kier molecular flexibility index (Phi) is 6.97. The number of nitrogens with zero attached hydrogens (tertiary/aromatic N) is 1. The van der Waals surface area contributed by atoms with Gasteiger partial charge >= 0.3 is 0 Å². The molecule has 1 aliphatic rings. The van der Waals surface area contributed by atoms with Gasteiger partial charge in [-0.3, -0.25) is 4.79 Å². The van der Waals surface area contributed by atoms with Crippen LogP contribution in [0.4, 0.5) is 0 Å². The lowest BCUT2D eigenvalue weighted by Crippen LogP contribution is -2.43. The number of rotatable bonds is 4. The fourth-order valence-corrected chi connectivity index (χ4v) is 2.89. The Morgan fingerprint density at radius 1 is 1.13 bits per heavy atom. The molecule has 130 valence electrons. The molecular formula is C16H25ClN2O4. The summed E-state index contributed by atoms with van der Waals surface area (Å²) in [5, 5.41) is 0. The van der Waals surface area contributed by atoms with Gasteiger partial charge in [-0.15, -0.1) is 12.4 Å². The minimum atomic E-state index is -0.479. The molecule has 0 radical (unpaired) electrons. The van der Waals surface area contributed by atoms with Crippen molar-refractivity contribution in [3.63, 3.8) is 0 Å². The molecule has 6 nitrogen and oxygen atoms in total. The third-order valence-electron chi connectivity index (χ3n) is 4.01. The Bertz CT molecular complexity index is 564. The monoisotopic (exact) mass is 344 g/mol. The number of methoxy groups -OCH3 is 3. The zero-order valence-electron chi connectivity index (χ0n) is 14.0. The number of carbonyl (C=O) groups excluding carboxylic acids is 1. The Labute approximate surface area is 143 Å². The molecule has 0 spiro atoms. The second-order valence-corrected chi connectivity index (χ2v) is 5.40. The van der Waals surface area contributed by atoms with Crippen molar-refractivity contribution >= 4 is 18.3 Å². The predicted molar refractivity (Wildman–Crippen MR) is 91.0 cm³/mol. The Morgan fingerprint density at radius 3 is 2.26 bits per heavy atom. The summed E-state index contributed by atoms with van der Waals surface area (Å²) in [5.74, 6) is 1.90. The van der Waals surface area contributed by atoms with E-state index in [1.807, 2.05) is 11.0 Å². The van der Waals surface area contributed by atoms with E-state index in [4.69, 9.17) is 19.9 Å². The van der Waals surface area contributed by atoms with Crippen molar-refractivity contribution in [1.29, 1.82) is 0 Å². The summed E-state index contributed by atoms with van der Waals surface area (Å²) in [7, 11) is 4.81. The lowest BCUT2D eigenvalue weighted by Gasteiger charge is -2.22. The van der Waals surface area contributed by atoms with E-state index in [0.29, 0.717) is 36.8 Å². The van der Waals surface area contributed by atoms with E-state index >= 15 is 0 Å². The van der Waals surface area contributed by atoms with Crippen LogP contribution in [0.1, 0.15) is 18.1 Å². The van der Waals surface area contributed by atoms with Crippen LogP contribution in [0.15, 0.2) is 6.07 Å². The van der Waals surface area contributed by atoms with E-state index in [1.54, 1.807) is 28.3 Å². The number of fused-ring (bicyclic) bond motifs is 1. The van der Waals surface area contributed by atoms with Gasteiger partial charge in [0, 0.05) is 18.7 Å². The smallest absolute Gasteiger partial charge is 0.239 e.